The van der Waals surface area contributed by atoms with Gasteiger partial charge in [0.15, 0.2) is 5.96 Å². The molecule has 1 N–H and O–H groups in total. The highest BCUT2D eigenvalue weighted by Crippen LogP contribution is 2.42. The molecule has 3 nitrogen and oxygen atoms in total. The molecule has 1 aliphatic carbocycles. The highest BCUT2D eigenvalue weighted by Gasteiger charge is 2.41. The average molecular weight is 309 g/mol. The third-order valence-corrected chi connectivity index (χ3v) is 4.76. The van der Waals surface area contributed by atoms with Crippen molar-refractivity contribution in [1.29, 1.82) is 0 Å². The molecule has 4 rings (SSSR count). The molecule has 1 fully saturated rings. The van der Waals surface area contributed by atoms with E-state index in [9.17, 15) is 4.39 Å². The largest absolute Gasteiger partial charge is 0.353 e. The van der Waals surface area contributed by atoms with E-state index in [1.807, 2.05) is 19.2 Å². The molecule has 1 heterocycles. The first-order chi connectivity index (χ1) is 11.3. The van der Waals surface area contributed by atoms with Crippen molar-refractivity contribution in [3.05, 3.63) is 65.5 Å². The summed E-state index contributed by atoms with van der Waals surface area (Å²) in [5, 5.41) is 3.51. The standard InChI is InChI=1S/C19H20FN3/c1-21-19(23-11-10-13-6-2-5-9-18(13)23)22-17-12-15(17)14-7-3-4-8-16(14)20/h2-9,15,17H,10-12H2,1H3,(H,21,22). The summed E-state index contributed by atoms with van der Waals surface area (Å²) in [5.74, 6) is 1.02. The Morgan fingerprint density at radius 2 is 1.96 bits per heavy atom. The Hall–Kier alpha value is -2.36. The lowest BCUT2D eigenvalue weighted by atomic mass is 10.1. The summed E-state index contributed by atoms with van der Waals surface area (Å²) in [5.41, 5.74) is 3.39. The minimum Gasteiger partial charge on any atom is -0.353 e. The Kier molecular flexibility index (Phi) is 3.52. The maximum absolute atomic E-state index is 13.9. The molecule has 1 aliphatic heterocycles. The topological polar surface area (TPSA) is 27.6 Å². The summed E-state index contributed by atoms with van der Waals surface area (Å²) in [6.07, 6.45) is 1.99. The molecular formula is C19H20FN3. The summed E-state index contributed by atoms with van der Waals surface area (Å²) < 4.78 is 13.9. The van der Waals surface area contributed by atoms with Crippen LogP contribution in [-0.4, -0.2) is 25.6 Å². The first kappa shape index (κ1) is 14.2. The predicted molar refractivity (Wildman–Crippen MR) is 91.5 cm³/mol. The Labute approximate surface area is 135 Å². The zero-order valence-corrected chi connectivity index (χ0v) is 13.2. The van der Waals surface area contributed by atoms with E-state index in [1.54, 1.807) is 6.07 Å². The lowest BCUT2D eigenvalue weighted by Crippen LogP contribution is -2.42. The van der Waals surface area contributed by atoms with Gasteiger partial charge >= 0.3 is 0 Å². The first-order valence-electron chi connectivity index (χ1n) is 8.11. The fraction of sp³-hybridized carbons (Fsp3) is 0.316. The summed E-state index contributed by atoms with van der Waals surface area (Å²) in [7, 11) is 1.81. The van der Waals surface area contributed by atoms with E-state index < -0.39 is 0 Å². The SMILES string of the molecule is CN=C(NC1CC1c1ccccc1F)N1CCc2ccccc21. The van der Waals surface area contributed by atoms with E-state index in [-0.39, 0.29) is 17.8 Å². The van der Waals surface area contributed by atoms with Gasteiger partial charge in [0.25, 0.3) is 0 Å². The Balaban J connectivity index is 1.48. The van der Waals surface area contributed by atoms with Crippen molar-refractivity contribution in [2.45, 2.75) is 24.8 Å². The normalized spacial score (nSPS) is 22.9. The van der Waals surface area contributed by atoms with Crippen LogP contribution in [0.1, 0.15) is 23.5 Å². The molecule has 1 saturated carbocycles. The number of fused-ring (bicyclic) bond motifs is 1. The van der Waals surface area contributed by atoms with Crippen LogP contribution in [0.4, 0.5) is 10.1 Å². The second-order valence-electron chi connectivity index (χ2n) is 6.19. The van der Waals surface area contributed by atoms with Crippen molar-refractivity contribution < 1.29 is 4.39 Å². The van der Waals surface area contributed by atoms with Crippen LogP contribution in [-0.2, 0) is 6.42 Å². The number of hydrogen-bond donors (Lipinski definition) is 1. The van der Waals surface area contributed by atoms with Gasteiger partial charge in [-0.25, -0.2) is 4.39 Å². The summed E-state index contributed by atoms with van der Waals surface area (Å²) >= 11 is 0. The molecule has 2 aliphatic rings. The van der Waals surface area contributed by atoms with Crippen LogP contribution in [0.5, 0.6) is 0 Å². The smallest absolute Gasteiger partial charge is 0.198 e. The average Bonchev–Trinajstić information content (AvgIpc) is 3.21. The van der Waals surface area contributed by atoms with Gasteiger partial charge in [-0.3, -0.25) is 4.99 Å². The zero-order chi connectivity index (χ0) is 15.8. The molecule has 0 radical (unpaired) electrons. The monoisotopic (exact) mass is 309 g/mol. The lowest BCUT2D eigenvalue weighted by molar-refractivity contribution is 0.608. The fourth-order valence-electron chi connectivity index (χ4n) is 3.46. The van der Waals surface area contributed by atoms with Gasteiger partial charge in [-0.1, -0.05) is 36.4 Å². The van der Waals surface area contributed by atoms with Crippen molar-refractivity contribution in [1.82, 2.24) is 5.32 Å². The quantitative estimate of drug-likeness (QED) is 0.681. The van der Waals surface area contributed by atoms with Crippen molar-refractivity contribution in [3.8, 4) is 0 Å². The van der Waals surface area contributed by atoms with Crippen LogP contribution in [0, 0.1) is 5.82 Å². The van der Waals surface area contributed by atoms with Crippen LogP contribution < -0.4 is 10.2 Å². The van der Waals surface area contributed by atoms with Gasteiger partial charge in [0.2, 0.25) is 0 Å². The summed E-state index contributed by atoms with van der Waals surface area (Å²) in [4.78, 5) is 6.67. The molecule has 4 heteroatoms. The number of aliphatic imine (C=N–C) groups is 1. The maximum Gasteiger partial charge on any atom is 0.198 e. The van der Waals surface area contributed by atoms with E-state index in [0.29, 0.717) is 0 Å². The number of benzene rings is 2. The summed E-state index contributed by atoms with van der Waals surface area (Å²) in [6, 6.07) is 15.8. The van der Waals surface area contributed by atoms with E-state index in [0.717, 1.165) is 30.9 Å². The number of anilines is 1. The van der Waals surface area contributed by atoms with E-state index in [2.05, 4.69) is 39.5 Å². The molecule has 23 heavy (non-hydrogen) atoms. The molecule has 2 atom stereocenters. The van der Waals surface area contributed by atoms with E-state index in [4.69, 9.17) is 0 Å². The molecular weight excluding hydrogens is 289 g/mol. The first-order valence-corrected chi connectivity index (χ1v) is 8.11. The lowest BCUT2D eigenvalue weighted by Gasteiger charge is -2.22. The molecule has 2 aromatic carbocycles. The number of guanidine groups is 1. The number of hydrogen-bond acceptors (Lipinski definition) is 1. The number of rotatable bonds is 2. The van der Waals surface area contributed by atoms with Crippen LogP contribution in [0.15, 0.2) is 53.5 Å². The van der Waals surface area contributed by atoms with Crippen molar-refractivity contribution in [2.75, 3.05) is 18.5 Å². The van der Waals surface area contributed by atoms with Crippen molar-refractivity contribution in [3.63, 3.8) is 0 Å². The van der Waals surface area contributed by atoms with Gasteiger partial charge in [0, 0.05) is 31.2 Å². The highest BCUT2D eigenvalue weighted by atomic mass is 19.1. The van der Waals surface area contributed by atoms with Gasteiger partial charge in [0.05, 0.1) is 0 Å². The number of nitrogens with one attached hydrogen (secondary N) is 1. The molecule has 118 valence electrons. The van der Waals surface area contributed by atoms with Gasteiger partial charge in [0.1, 0.15) is 5.82 Å². The Morgan fingerprint density at radius 3 is 2.78 bits per heavy atom. The molecule has 2 unspecified atom stereocenters. The predicted octanol–water partition coefficient (Wildman–Crippen LogP) is 3.32. The number of para-hydroxylation sites is 1. The fourth-order valence-corrected chi connectivity index (χ4v) is 3.46. The third-order valence-electron chi connectivity index (χ3n) is 4.76. The molecule has 0 amide bonds. The number of nitrogens with zero attached hydrogens (tertiary/aromatic N) is 2. The van der Waals surface area contributed by atoms with Crippen molar-refractivity contribution >= 4 is 11.6 Å². The van der Waals surface area contributed by atoms with Gasteiger partial charge < -0.3 is 10.2 Å². The second kappa shape index (κ2) is 5.69. The minimum absolute atomic E-state index is 0.108. The van der Waals surface area contributed by atoms with E-state index in [1.165, 1.54) is 17.3 Å². The van der Waals surface area contributed by atoms with E-state index >= 15 is 0 Å². The molecule has 2 aromatic rings. The third kappa shape index (κ3) is 2.58. The highest BCUT2D eigenvalue weighted by molar-refractivity contribution is 5.98. The zero-order valence-electron chi connectivity index (χ0n) is 13.2. The van der Waals surface area contributed by atoms with Crippen molar-refractivity contribution in [2.24, 2.45) is 4.99 Å². The Bertz CT molecular complexity index is 756. The van der Waals surface area contributed by atoms with Gasteiger partial charge in [-0.2, -0.15) is 0 Å². The molecule has 0 saturated heterocycles. The maximum atomic E-state index is 13.9. The molecule has 0 aromatic heterocycles. The van der Waals surface area contributed by atoms with Crippen LogP contribution in [0.3, 0.4) is 0 Å². The minimum atomic E-state index is -0.108. The van der Waals surface area contributed by atoms with Gasteiger partial charge in [-0.15, -0.1) is 0 Å². The van der Waals surface area contributed by atoms with Crippen LogP contribution in [0.25, 0.3) is 0 Å². The summed E-state index contributed by atoms with van der Waals surface area (Å²) in [6.45, 7) is 0.941. The second-order valence-corrected chi connectivity index (χ2v) is 6.19. The van der Waals surface area contributed by atoms with Gasteiger partial charge in [-0.05, 0) is 36.1 Å². The van der Waals surface area contributed by atoms with Crippen LogP contribution >= 0.6 is 0 Å². The molecule has 0 bridgehead atoms. The number of halogens is 1. The van der Waals surface area contributed by atoms with Crippen LogP contribution in [0.2, 0.25) is 0 Å². The molecule has 0 spiro atoms. The Morgan fingerprint density at radius 1 is 1.17 bits per heavy atom.